The number of primary amides is 1. The molecule has 2 amide bonds. The van der Waals surface area contributed by atoms with Crippen molar-refractivity contribution in [2.24, 2.45) is 5.73 Å². The van der Waals surface area contributed by atoms with E-state index >= 15 is 0 Å². The summed E-state index contributed by atoms with van der Waals surface area (Å²) >= 11 is 3.41. The average molecular weight is 370 g/mol. The van der Waals surface area contributed by atoms with Gasteiger partial charge in [0.05, 0.1) is 6.61 Å². The molecule has 1 aliphatic heterocycles. The molecule has 2 rings (SSSR count). The molecular weight excluding hydrogens is 350 g/mol. The Bertz CT molecular complexity index is 545. The number of nitrogens with two attached hydrogens (primary N) is 1. The first kappa shape index (κ1) is 16.8. The van der Waals surface area contributed by atoms with Crippen molar-refractivity contribution in [3.05, 3.63) is 34.3 Å². The third-order valence-corrected chi connectivity index (χ3v) is 4.13. The quantitative estimate of drug-likeness (QED) is 0.876. The molecule has 7 heteroatoms. The Morgan fingerprint density at radius 1 is 1.32 bits per heavy atom. The van der Waals surface area contributed by atoms with Gasteiger partial charge in [0.15, 0.2) is 0 Å². The van der Waals surface area contributed by atoms with Crippen LogP contribution in [0.1, 0.15) is 18.5 Å². The summed E-state index contributed by atoms with van der Waals surface area (Å²) in [6.07, 6.45) is -0.305. The third-order valence-electron chi connectivity index (χ3n) is 3.64. The SMILES string of the molecule is CCOC(=O)N1CCN([C@H](C(N)=O)c2cccc(Br)c2)CC1. The number of amides is 2. The molecule has 6 nitrogen and oxygen atoms in total. The molecule has 0 spiro atoms. The van der Waals surface area contributed by atoms with E-state index < -0.39 is 6.04 Å². The van der Waals surface area contributed by atoms with E-state index in [4.69, 9.17) is 10.5 Å². The van der Waals surface area contributed by atoms with Gasteiger partial charge in [-0.25, -0.2) is 4.79 Å². The topological polar surface area (TPSA) is 75.9 Å². The van der Waals surface area contributed by atoms with Crippen LogP contribution in [0.2, 0.25) is 0 Å². The maximum absolute atomic E-state index is 11.9. The number of benzene rings is 1. The number of piperazine rings is 1. The number of nitrogens with zero attached hydrogens (tertiary/aromatic N) is 2. The molecule has 1 aromatic carbocycles. The van der Waals surface area contributed by atoms with Crippen LogP contribution in [0.5, 0.6) is 0 Å². The summed E-state index contributed by atoms with van der Waals surface area (Å²) in [5.74, 6) is -0.386. The highest BCUT2D eigenvalue weighted by Gasteiger charge is 2.30. The van der Waals surface area contributed by atoms with E-state index in [0.29, 0.717) is 32.8 Å². The lowest BCUT2D eigenvalue weighted by Gasteiger charge is -2.37. The van der Waals surface area contributed by atoms with Crippen LogP contribution < -0.4 is 5.73 Å². The van der Waals surface area contributed by atoms with Crippen LogP contribution in [-0.4, -0.2) is 54.6 Å². The molecule has 2 N–H and O–H groups in total. The summed E-state index contributed by atoms with van der Waals surface area (Å²) < 4.78 is 5.90. The summed E-state index contributed by atoms with van der Waals surface area (Å²) in [6, 6.07) is 7.08. The van der Waals surface area contributed by atoms with E-state index in [9.17, 15) is 9.59 Å². The van der Waals surface area contributed by atoms with Crippen molar-refractivity contribution in [2.45, 2.75) is 13.0 Å². The number of ether oxygens (including phenoxy) is 1. The second-order valence-electron chi connectivity index (χ2n) is 5.08. The van der Waals surface area contributed by atoms with Gasteiger partial charge in [-0.1, -0.05) is 28.1 Å². The second kappa shape index (κ2) is 7.60. The molecule has 1 aromatic rings. The van der Waals surface area contributed by atoms with E-state index in [1.165, 1.54) is 0 Å². The van der Waals surface area contributed by atoms with Crippen LogP contribution in [-0.2, 0) is 9.53 Å². The Balaban J connectivity index is 2.06. The molecule has 0 saturated carbocycles. The predicted molar refractivity (Wildman–Crippen MR) is 86.2 cm³/mol. The van der Waals surface area contributed by atoms with Gasteiger partial charge in [-0.15, -0.1) is 0 Å². The Hall–Kier alpha value is -1.60. The number of halogens is 1. The minimum atomic E-state index is -0.484. The van der Waals surface area contributed by atoms with E-state index in [1.54, 1.807) is 11.8 Å². The zero-order chi connectivity index (χ0) is 16.1. The molecule has 1 atom stereocenters. The molecule has 0 aromatic heterocycles. The van der Waals surface area contributed by atoms with Crippen molar-refractivity contribution in [3.63, 3.8) is 0 Å². The Labute approximate surface area is 138 Å². The van der Waals surface area contributed by atoms with Gasteiger partial charge in [-0.05, 0) is 24.6 Å². The number of hydrogen-bond donors (Lipinski definition) is 1. The average Bonchev–Trinajstić information content (AvgIpc) is 2.48. The highest BCUT2D eigenvalue weighted by molar-refractivity contribution is 9.10. The van der Waals surface area contributed by atoms with Crippen molar-refractivity contribution in [3.8, 4) is 0 Å². The number of rotatable bonds is 4. The van der Waals surface area contributed by atoms with Gasteiger partial charge in [0.1, 0.15) is 6.04 Å². The van der Waals surface area contributed by atoms with Gasteiger partial charge >= 0.3 is 6.09 Å². The first-order valence-corrected chi connectivity index (χ1v) is 8.02. The van der Waals surface area contributed by atoms with Crippen molar-refractivity contribution >= 4 is 27.9 Å². The van der Waals surface area contributed by atoms with Crippen LogP contribution in [0.4, 0.5) is 4.79 Å². The first-order valence-electron chi connectivity index (χ1n) is 7.23. The molecular formula is C15H20BrN3O3. The fourth-order valence-corrected chi connectivity index (χ4v) is 3.03. The van der Waals surface area contributed by atoms with E-state index in [-0.39, 0.29) is 12.0 Å². The fourth-order valence-electron chi connectivity index (χ4n) is 2.61. The van der Waals surface area contributed by atoms with Gasteiger partial charge < -0.3 is 15.4 Å². The molecule has 0 aliphatic carbocycles. The van der Waals surface area contributed by atoms with Gasteiger partial charge in [0, 0.05) is 30.7 Å². The lowest BCUT2D eigenvalue weighted by molar-refractivity contribution is -0.124. The van der Waals surface area contributed by atoms with Gasteiger partial charge in [0.25, 0.3) is 0 Å². The number of hydrogen-bond acceptors (Lipinski definition) is 4. The summed E-state index contributed by atoms with van der Waals surface area (Å²) in [6.45, 7) is 4.36. The summed E-state index contributed by atoms with van der Waals surface area (Å²) in [5.41, 5.74) is 6.44. The zero-order valence-electron chi connectivity index (χ0n) is 12.5. The predicted octanol–water partition coefficient (Wildman–Crippen LogP) is 1.75. The molecule has 1 fully saturated rings. The Morgan fingerprint density at radius 3 is 2.55 bits per heavy atom. The summed E-state index contributed by atoms with van der Waals surface area (Å²) in [4.78, 5) is 27.3. The maximum Gasteiger partial charge on any atom is 0.409 e. The number of carbonyl (C=O) groups is 2. The van der Waals surface area contributed by atoms with Crippen molar-refractivity contribution < 1.29 is 14.3 Å². The van der Waals surface area contributed by atoms with Crippen molar-refractivity contribution in [1.29, 1.82) is 0 Å². The maximum atomic E-state index is 11.9. The molecule has 0 radical (unpaired) electrons. The normalized spacial score (nSPS) is 17.1. The molecule has 1 aliphatic rings. The van der Waals surface area contributed by atoms with Gasteiger partial charge in [-0.2, -0.15) is 0 Å². The van der Waals surface area contributed by atoms with Crippen LogP contribution >= 0.6 is 15.9 Å². The smallest absolute Gasteiger partial charge is 0.409 e. The highest BCUT2D eigenvalue weighted by Crippen LogP contribution is 2.24. The van der Waals surface area contributed by atoms with Crippen LogP contribution in [0, 0.1) is 0 Å². The van der Waals surface area contributed by atoms with Crippen LogP contribution in [0.3, 0.4) is 0 Å². The lowest BCUT2D eigenvalue weighted by atomic mass is 10.0. The molecule has 1 heterocycles. The molecule has 1 saturated heterocycles. The van der Waals surface area contributed by atoms with E-state index in [1.807, 2.05) is 29.2 Å². The van der Waals surface area contributed by atoms with Crippen molar-refractivity contribution in [2.75, 3.05) is 32.8 Å². The van der Waals surface area contributed by atoms with E-state index in [2.05, 4.69) is 15.9 Å². The standard InChI is InChI=1S/C15H20BrN3O3/c1-2-22-15(21)19-8-6-18(7-9-19)13(14(17)20)11-4-3-5-12(16)10-11/h3-5,10,13H,2,6-9H2,1H3,(H2,17,20)/t13-/m0/s1. The highest BCUT2D eigenvalue weighted by atomic mass is 79.9. The molecule has 0 bridgehead atoms. The number of carbonyl (C=O) groups excluding carboxylic acids is 2. The molecule has 22 heavy (non-hydrogen) atoms. The van der Waals surface area contributed by atoms with Gasteiger partial charge in [0.2, 0.25) is 5.91 Å². The second-order valence-corrected chi connectivity index (χ2v) is 6.00. The zero-order valence-corrected chi connectivity index (χ0v) is 14.1. The van der Waals surface area contributed by atoms with Crippen LogP contribution in [0.15, 0.2) is 28.7 Å². The minimum absolute atomic E-state index is 0.305. The lowest BCUT2D eigenvalue weighted by Crippen LogP contribution is -2.52. The monoisotopic (exact) mass is 369 g/mol. The molecule has 0 unspecified atom stereocenters. The van der Waals surface area contributed by atoms with Crippen LogP contribution in [0.25, 0.3) is 0 Å². The van der Waals surface area contributed by atoms with E-state index in [0.717, 1.165) is 10.0 Å². The van der Waals surface area contributed by atoms with Crippen molar-refractivity contribution in [1.82, 2.24) is 9.80 Å². The first-order chi connectivity index (χ1) is 10.5. The minimum Gasteiger partial charge on any atom is -0.450 e. The molecule has 120 valence electrons. The largest absolute Gasteiger partial charge is 0.450 e. The van der Waals surface area contributed by atoms with Gasteiger partial charge in [-0.3, -0.25) is 9.69 Å². The third kappa shape index (κ3) is 3.98. The summed E-state index contributed by atoms with van der Waals surface area (Å²) in [7, 11) is 0. The summed E-state index contributed by atoms with van der Waals surface area (Å²) in [5, 5.41) is 0. The fraction of sp³-hybridized carbons (Fsp3) is 0.467. The Morgan fingerprint density at radius 2 is 2.00 bits per heavy atom. The Kier molecular flexibility index (Phi) is 5.79.